The van der Waals surface area contributed by atoms with E-state index in [1.54, 1.807) is 18.2 Å². The molecule has 0 unspecified atom stereocenters. The maximum absolute atomic E-state index is 12.1. The van der Waals surface area contributed by atoms with E-state index >= 15 is 0 Å². The Hall–Kier alpha value is -1.30. The van der Waals surface area contributed by atoms with Gasteiger partial charge in [-0.2, -0.15) is 0 Å². The fraction of sp³-hybridized carbons (Fsp3) is 0.533. The third-order valence-corrected chi connectivity index (χ3v) is 4.25. The zero-order valence-electron chi connectivity index (χ0n) is 12.6. The van der Waals surface area contributed by atoms with Gasteiger partial charge in [-0.3, -0.25) is 9.69 Å². The van der Waals surface area contributed by atoms with E-state index in [1.165, 1.54) is 0 Å². The molecule has 1 saturated heterocycles. The molecule has 0 radical (unpaired) electrons. The standard InChI is InChI=1S/C15H23ClN4O/c1-19(2)12-5-7-20(8-6-12)10-15(21)18-14-9-11(17)3-4-13(14)16/h3-4,9,12H,5-8,10,17H2,1-2H3,(H,18,21). The summed E-state index contributed by atoms with van der Waals surface area (Å²) in [6.07, 6.45) is 2.19. The number of amides is 1. The average molecular weight is 311 g/mol. The molecule has 116 valence electrons. The third kappa shape index (κ3) is 4.59. The smallest absolute Gasteiger partial charge is 0.238 e. The van der Waals surface area contributed by atoms with Crippen LogP contribution in [-0.2, 0) is 4.79 Å². The number of benzene rings is 1. The zero-order valence-corrected chi connectivity index (χ0v) is 13.4. The first kappa shape index (κ1) is 16.1. The normalized spacial score (nSPS) is 17.1. The molecule has 2 rings (SSSR count). The summed E-state index contributed by atoms with van der Waals surface area (Å²) in [6.45, 7) is 2.28. The number of carbonyl (C=O) groups is 1. The van der Waals surface area contributed by atoms with E-state index in [0.717, 1.165) is 25.9 Å². The summed E-state index contributed by atoms with van der Waals surface area (Å²) in [5, 5.41) is 3.33. The van der Waals surface area contributed by atoms with Gasteiger partial charge in [0.1, 0.15) is 0 Å². The number of nitrogens with two attached hydrogens (primary N) is 1. The number of likely N-dealkylation sites (tertiary alicyclic amines) is 1. The van der Waals surface area contributed by atoms with Crippen molar-refractivity contribution in [2.45, 2.75) is 18.9 Å². The molecule has 1 aromatic carbocycles. The summed E-state index contributed by atoms with van der Waals surface area (Å²) in [7, 11) is 4.21. The minimum Gasteiger partial charge on any atom is -0.399 e. The molecule has 5 nitrogen and oxygen atoms in total. The summed E-state index contributed by atoms with van der Waals surface area (Å²) in [5.41, 5.74) is 6.86. The highest BCUT2D eigenvalue weighted by molar-refractivity contribution is 6.33. The van der Waals surface area contributed by atoms with E-state index in [4.69, 9.17) is 17.3 Å². The predicted octanol–water partition coefficient (Wildman–Crippen LogP) is 1.89. The van der Waals surface area contributed by atoms with E-state index in [1.807, 2.05) is 0 Å². The molecule has 1 fully saturated rings. The van der Waals surface area contributed by atoms with Crippen LogP contribution >= 0.6 is 11.6 Å². The monoisotopic (exact) mass is 310 g/mol. The van der Waals surface area contributed by atoms with Crippen molar-refractivity contribution in [3.8, 4) is 0 Å². The number of halogens is 1. The molecule has 21 heavy (non-hydrogen) atoms. The number of rotatable bonds is 4. The van der Waals surface area contributed by atoms with Crippen molar-refractivity contribution < 1.29 is 4.79 Å². The Balaban J connectivity index is 1.84. The van der Waals surface area contributed by atoms with Gasteiger partial charge >= 0.3 is 0 Å². The molecule has 0 spiro atoms. The number of nitrogen functional groups attached to an aromatic ring is 1. The van der Waals surface area contributed by atoms with E-state index in [2.05, 4.69) is 29.2 Å². The van der Waals surface area contributed by atoms with Gasteiger partial charge in [0.05, 0.1) is 17.3 Å². The quantitative estimate of drug-likeness (QED) is 0.834. The third-order valence-electron chi connectivity index (χ3n) is 3.92. The van der Waals surface area contributed by atoms with Crippen LogP contribution in [0.1, 0.15) is 12.8 Å². The second-order valence-corrected chi connectivity index (χ2v) is 6.17. The minimum atomic E-state index is -0.0502. The van der Waals surface area contributed by atoms with Crippen LogP contribution in [-0.4, -0.2) is 55.5 Å². The van der Waals surface area contributed by atoms with Gasteiger partial charge in [0, 0.05) is 24.8 Å². The Morgan fingerprint density at radius 2 is 2.10 bits per heavy atom. The van der Waals surface area contributed by atoms with Crippen LogP contribution in [0, 0.1) is 0 Å². The topological polar surface area (TPSA) is 61.6 Å². The van der Waals surface area contributed by atoms with Crippen molar-refractivity contribution in [1.82, 2.24) is 9.80 Å². The van der Waals surface area contributed by atoms with Crippen LogP contribution in [0.15, 0.2) is 18.2 Å². The van der Waals surface area contributed by atoms with E-state index < -0.39 is 0 Å². The zero-order chi connectivity index (χ0) is 15.4. The van der Waals surface area contributed by atoms with Gasteiger partial charge in [0.15, 0.2) is 0 Å². The number of nitrogens with one attached hydrogen (secondary N) is 1. The lowest BCUT2D eigenvalue weighted by molar-refractivity contribution is -0.117. The second-order valence-electron chi connectivity index (χ2n) is 5.76. The Labute approximate surface area is 131 Å². The predicted molar refractivity (Wildman–Crippen MR) is 87.6 cm³/mol. The van der Waals surface area contributed by atoms with Crippen LogP contribution in [0.4, 0.5) is 11.4 Å². The van der Waals surface area contributed by atoms with Crippen molar-refractivity contribution in [3.05, 3.63) is 23.2 Å². The highest BCUT2D eigenvalue weighted by Gasteiger charge is 2.22. The number of nitrogens with zero attached hydrogens (tertiary/aromatic N) is 2. The maximum atomic E-state index is 12.1. The average Bonchev–Trinajstić information content (AvgIpc) is 2.43. The van der Waals surface area contributed by atoms with Gasteiger partial charge in [-0.25, -0.2) is 0 Å². The molecular formula is C15H23ClN4O. The number of hydrogen-bond donors (Lipinski definition) is 2. The Morgan fingerprint density at radius 3 is 2.71 bits per heavy atom. The van der Waals surface area contributed by atoms with Gasteiger partial charge < -0.3 is 16.0 Å². The lowest BCUT2D eigenvalue weighted by atomic mass is 10.0. The fourth-order valence-corrected chi connectivity index (χ4v) is 2.79. The van der Waals surface area contributed by atoms with E-state index in [9.17, 15) is 4.79 Å². The molecule has 3 N–H and O–H groups in total. The van der Waals surface area contributed by atoms with Crippen LogP contribution in [0.3, 0.4) is 0 Å². The van der Waals surface area contributed by atoms with Gasteiger partial charge in [-0.05, 0) is 45.1 Å². The lowest BCUT2D eigenvalue weighted by Crippen LogP contribution is -2.44. The number of carbonyl (C=O) groups excluding carboxylic acids is 1. The second kappa shape index (κ2) is 7.11. The minimum absolute atomic E-state index is 0.0502. The van der Waals surface area contributed by atoms with Gasteiger partial charge in [-0.15, -0.1) is 0 Å². The first-order valence-corrected chi connectivity index (χ1v) is 7.57. The van der Waals surface area contributed by atoms with Crippen LogP contribution in [0.25, 0.3) is 0 Å². The molecule has 0 atom stereocenters. The molecule has 0 aliphatic carbocycles. The van der Waals surface area contributed by atoms with Crippen molar-refractivity contribution in [2.75, 3.05) is 44.8 Å². The summed E-state index contributed by atoms with van der Waals surface area (Å²) < 4.78 is 0. The maximum Gasteiger partial charge on any atom is 0.238 e. The molecule has 1 heterocycles. The number of piperidine rings is 1. The SMILES string of the molecule is CN(C)C1CCN(CC(=O)Nc2cc(N)ccc2Cl)CC1. The highest BCUT2D eigenvalue weighted by atomic mass is 35.5. The number of anilines is 2. The molecule has 1 aliphatic heterocycles. The largest absolute Gasteiger partial charge is 0.399 e. The van der Waals surface area contributed by atoms with E-state index in [0.29, 0.717) is 29.0 Å². The van der Waals surface area contributed by atoms with Crippen molar-refractivity contribution >= 4 is 28.9 Å². The highest BCUT2D eigenvalue weighted by Crippen LogP contribution is 2.24. The van der Waals surface area contributed by atoms with Crippen molar-refractivity contribution in [1.29, 1.82) is 0 Å². The Bertz CT molecular complexity index is 498. The number of hydrogen-bond acceptors (Lipinski definition) is 4. The molecule has 0 saturated carbocycles. The van der Waals surface area contributed by atoms with Gasteiger partial charge in [-0.1, -0.05) is 11.6 Å². The van der Waals surface area contributed by atoms with Crippen molar-refractivity contribution in [3.63, 3.8) is 0 Å². The van der Waals surface area contributed by atoms with Crippen LogP contribution in [0.5, 0.6) is 0 Å². The molecule has 1 aliphatic rings. The van der Waals surface area contributed by atoms with E-state index in [-0.39, 0.29) is 5.91 Å². The summed E-state index contributed by atoms with van der Waals surface area (Å²) in [4.78, 5) is 16.5. The van der Waals surface area contributed by atoms with Gasteiger partial charge in [0.25, 0.3) is 0 Å². The Kier molecular flexibility index (Phi) is 5.45. The molecule has 0 bridgehead atoms. The fourth-order valence-electron chi connectivity index (χ4n) is 2.63. The van der Waals surface area contributed by atoms with Gasteiger partial charge in [0.2, 0.25) is 5.91 Å². The molecule has 0 aromatic heterocycles. The molecule has 6 heteroatoms. The molecular weight excluding hydrogens is 288 g/mol. The van der Waals surface area contributed by atoms with Crippen molar-refractivity contribution in [2.24, 2.45) is 0 Å². The first-order valence-electron chi connectivity index (χ1n) is 7.19. The lowest BCUT2D eigenvalue weighted by Gasteiger charge is -2.34. The molecule has 1 amide bonds. The Morgan fingerprint density at radius 1 is 1.43 bits per heavy atom. The van der Waals surface area contributed by atoms with Crippen LogP contribution < -0.4 is 11.1 Å². The first-order chi connectivity index (χ1) is 9.95. The molecule has 1 aromatic rings. The summed E-state index contributed by atoms with van der Waals surface area (Å²) >= 11 is 6.05. The summed E-state index contributed by atoms with van der Waals surface area (Å²) in [5.74, 6) is -0.0502. The summed E-state index contributed by atoms with van der Waals surface area (Å²) in [6, 6.07) is 5.70. The van der Waals surface area contributed by atoms with Crippen LogP contribution in [0.2, 0.25) is 5.02 Å².